The smallest absolute Gasteiger partial charge is 0.311 e. The van der Waals surface area contributed by atoms with E-state index in [1.807, 2.05) is 0 Å². The topological polar surface area (TPSA) is 83.6 Å². The number of aryl methyl sites for hydroxylation is 1. The van der Waals surface area contributed by atoms with Crippen molar-refractivity contribution >= 4 is 11.9 Å². The van der Waals surface area contributed by atoms with E-state index >= 15 is 0 Å². The Morgan fingerprint density at radius 1 is 1.61 bits per heavy atom. The zero-order chi connectivity index (χ0) is 13.3. The molecule has 6 heteroatoms. The number of carboxylic acid groups (broad SMARTS) is 1. The second kappa shape index (κ2) is 4.44. The Balaban J connectivity index is 1.98. The summed E-state index contributed by atoms with van der Waals surface area (Å²) in [7, 11) is 0. The Morgan fingerprint density at radius 2 is 2.33 bits per heavy atom. The number of rotatable bonds is 3. The van der Waals surface area contributed by atoms with E-state index in [0.717, 1.165) is 0 Å². The Hall–Kier alpha value is -1.85. The summed E-state index contributed by atoms with van der Waals surface area (Å²) in [6, 6.07) is 1.71. The Bertz CT molecular complexity index is 482. The summed E-state index contributed by atoms with van der Waals surface area (Å²) in [6.45, 7) is 4.18. The molecule has 0 unspecified atom stereocenters. The van der Waals surface area contributed by atoms with Crippen LogP contribution in [0.3, 0.4) is 0 Å². The molecule has 0 aromatic carbocycles. The Morgan fingerprint density at radius 3 is 2.83 bits per heavy atom. The number of aliphatic carboxylic acids is 1. The maximum atomic E-state index is 12.0. The van der Waals surface area contributed by atoms with Crippen LogP contribution in [-0.2, 0) is 16.0 Å². The first-order valence-electron chi connectivity index (χ1n) is 5.84. The van der Waals surface area contributed by atoms with Gasteiger partial charge in [0, 0.05) is 19.2 Å². The summed E-state index contributed by atoms with van der Waals surface area (Å²) in [6.07, 6.45) is 0.652. The molecule has 98 valence electrons. The van der Waals surface area contributed by atoms with E-state index in [-0.39, 0.29) is 18.9 Å². The molecule has 2 heterocycles. The van der Waals surface area contributed by atoms with Crippen molar-refractivity contribution in [3.05, 3.63) is 17.5 Å². The lowest BCUT2D eigenvalue weighted by Crippen LogP contribution is -2.35. The molecule has 1 amide bonds. The van der Waals surface area contributed by atoms with Gasteiger partial charge in [-0.1, -0.05) is 5.16 Å². The van der Waals surface area contributed by atoms with E-state index in [9.17, 15) is 9.59 Å². The van der Waals surface area contributed by atoms with Crippen molar-refractivity contribution in [3.63, 3.8) is 0 Å². The number of likely N-dealkylation sites (tertiary alicyclic amines) is 1. The number of hydrogen-bond acceptors (Lipinski definition) is 4. The van der Waals surface area contributed by atoms with Gasteiger partial charge >= 0.3 is 5.97 Å². The first-order valence-corrected chi connectivity index (χ1v) is 5.84. The summed E-state index contributed by atoms with van der Waals surface area (Å²) < 4.78 is 4.89. The maximum Gasteiger partial charge on any atom is 0.311 e. The molecule has 1 saturated heterocycles. The lowest BCUT2D eigenvalue weighted by Gasteiger charge is -2.19. The van der Waals surface area contributed by atoms with Crippen LogP contribution in [0.2, 0.25) is 0 Å². The van der Waals surface area contributed by atoms with Crippen molar-refractivity contribution < 1.29 is 19.2 Å². The highest BCUT2D eigenvalue weighted by Crippen LogP contribution is 2.30. The second-order valence-corrected chi connectivity index (χ2v) is 5.04. The fourth-order valence-corrected chi connectivity index (χ4v) is 2.12. The summed E-state index contributed by atoms with van der Waals surface area (Å²) in [4.78, 5) is 24.7. The lowest BCUT2D eigenvalue weighted by molar-refractivity contribution is -0.147. The molecule has 0 spiro atoms. The lowest BCUT2D eigenvalue weighted by atomic mass is 9.90. The summed E-state index contributed by atoms with van der Waals surface area (Å²) in [5, 5.41) is 12.9. The molecule has 6 nitrogen and oxygen atoms in total. The summed E-state index contributed by atoms with van der Waals surface area (Å²) in [5.74, 6) is -0.294. The quantitative estimate of drug-likeness (QED) is 0.862. The average molecular weight is 252 g/mol. The fraction of sp³-hybridized carbons (Fsp3) is 0.583. The number of nitrogens with zero attached hydrogens (tertiary/aromatic N) is 2. The largest absolute Gasteiger partial charge is 0.481 e. The van der Waals surface area contributed by atoms with Crippen LogP contribution in [0, 0.1) is 12.3 Å². The monoisotopic (exact) mass is 252 g/mol. The molecule has 1 aliphatic heterocycles. The Labute approximate surface area is 105 Å². The first-order chi connectivity index (χ1) is 8.40. The normalized spacial score (nSPS) is 23.3. The molecule has 18 heavy (non-hydrogen) atoms. The van der Waals surface area contributed by atoms with Crippen LogP contribution in [0.15, 0.2) is 10.6 Å². The molecule has 2 rings (SSSR count). The van der Waals surface area contributed by atoms with Gasteiger partial charge in [-0.25, -0.2) is 0 Å². The molecular weight excluding hydrogens is 236 g/mol. The molecule has 0 aliphatic carbocycles. The standard InChI is InChI=1S/C12H16N2O4/c1-8-5-9(13-18-8)6-10(15)14-4-3-12(2,7-14)11(16)17/h5H,3-4,6-7H2,1-2H3,(H,16,17)/t12-/m0/s1. The van der Waals surface area contributed by atoms with Crippen molar-refractivity contribution in [1.82, 2.24) is 10.1 Å². The zero-order valence-electron chi connectivity index (χ0n) is 10.5. The number of carbonyl (C=O) groups is 2. The molecule has 0 radical (unpaired) electrons. The highest BCUT2D eigenvalue weighted by Gasteiger charge is 2.42. The predicted octanol–water partition coefficient (Wildman–Crippen LogP) is 0.849. The third kappa shape index (κ3) is 2.37. The van der Waals surface area contributed by atoms with E-state index in [1.165, 1.54) is 0 Å². The van der Waals surface area contributed by atoms with Crippen molar-refractivity contribution in [2.45, 2.75) is 26.7 Å². The van der Waals surface area contributed by atoms with Crippen LogP contribution in [0.1, 0.15) is 24.8 Å². The number of carboxylic acids is 1. The number of carbonyl (C=O) groups excluding carboxylic acids is 1. The average Bonchev–Trinajstić information content (AvgIpc) is 2.86. The van der Waals surface area contributed by atoms with E-state index < -0.39 is 11.4 Å². The van der Waals surface area contributed by atoms with Gasteiger partial charge in [-0.15, -0.1) is 0 Å². The van der Waals surface area contributed by atoms with Crippen molar-refractivity contribution in [2.75, 3.05) is 13.1 Å². The van der Waals surface area contributed by atoms with Crippen LogP contribution in [-0.4, -0.2) is 40.1 Å². The van der Waals surface area contributed by atoms with Crippen molar-refractivity contribution in [2.24, 2.45) is 5.41 Å². The zero-order valence-corrected chi connectivity index (χ0v) is 10.5. The van der Waals surface area contributed by atoms with Crippen LogP contribution < -0.4 is 0 Å². The van der Waals surface area contributed by atoms with Crippen LogP contribution in [0.4, 0.5) is 0 Å². The van der Waals surface area contributed by atoms with Gasteiger partial charge in [0.15, 0.2) is 0 Å². The highest BCUT2D eigenvalue weighted by molar-refractivity contribution is 5.81. The van der Waals surface area contributed by atoms with E-state index in [1.54, 1.807) is 24.8 Å². The predicted molar refractivity (Wildman–Crippen MR) is 61.9 cm³/mol. The first kappa shape index (κ1) is 12.6. The molecule has 0 saturated carbocycles. The maximum absolute atomic E-state index is 12.0. The van der Waals surface area contributed by atoms with Crippen molar-refractivity contribution in [3.8, 4) is 0 Å². The molecule has 1 N–H and O–H groups in total. The minimum absolute atomic E-state index is 0.103. The number of amides is 1. The third-order valence-corrected chi connectivity index (χ3v) is 3.35. The minimum atomic E-state index is -0.852. The fourth-order valence-electron chi connectivity index (χ4n) is 2.12. The van der Waals surface area contributed by atoms with Gasteiger partial charge in [0.05, 0.1) is 17.5 Å². The van der Waals surface area contributed by atoms with Crippen molar-refractivity contribution in [1.29, 1.82) is 0 Å². The summed E-state index contributed by atoms with van der Waals surface area (Å²) >= 11 is 0. The molecule has 1 aliphatic rings. The minimum Gasteiger partial charge on any atom is -0.481 e. The van der Waals surface area contributed by atoms with E-state index in [4.69, 9.17) is 9.63 Å². The van der Waals surface area contributed by atoms with E-state index in [2.05, 4.69) is 5.16 Å². The van der Waals surface area contributed by atoms with E-state index in [0.29, 0.717) is 24.4 Å². The molecule has 1 atom stereocenters. The van der Waals surface area contributed by atoms with Gasteiger partial charge in [0.1, 0.15) is 5.76 Å². The van der Waals surface area contributed by atoms with Crippen LogP contribution in [0.25, 0.3) is 0 Å². The molecule has 1 aromatic heterocycles. The highest BCUT2D eigenvalue weighted by atomic mass is 16.5. The molecule has 1 aromatic rings. The Kier molecular flexibility index (Phi) is 3.11. The molecule has 1 fully saturated rings. The van der Waals surface area contributed by atoms with Crippen LogP contribution in [0.5, 0.6) is 0 Å². The summed E-state index contributed by atoms with van der Waals surface area (Å²) in [5.41, 5.74) is -0.239. The molecular formula is C12H16N2O4. The SMILES string of the molecule is Cc1cc(CC(=O)N2CC[C@](C)(C(=O)O)C2)no1. The van der Waals surface area contributed by atoms with Gasteiger partial charge < -0.3 is 14.5 Å². The van der Waals surface area contributed by atoms with Gasteiger partial charge in [-0.2, -0.15) is 0 Å². The number of hydrogen-bond donors (Lipinski definition) is 1. The van der Waals surface area contributed by atoms with Gasteiger partial charge in [0.25, 0.3) is 0 Å². The van der Waals surface area contributed by atoms with Gasteiger partial charge in [0.2, 0.25) is 5.91 Å². The van der Waals surface area contributed by atoms with Crippen LogP contribution >= 0.6 is 0 Å². The third-order valence-electron chi connectivity index (χ3n) is 3.35. The van der Waals surface area contributed by atoms with Gasteiger partial charge in [-0.05, 0) is 20.3 Å². The molecule has 0 bridgehead atoms. The number of aromatic nitrogens is 1. The second-order valence-electron chi connectivity index (χ2n) is 5.04. The van der Waals surface area contributed by atoms with Gasteiger partial charge in [-0.3, -0.25) is 9.59 Å².